The van der Waals surface area contributed by atoms with E-state index in [2.05, 4.69) is 5.32 Å². The third-order valence-corrected chi connectivity index (χ3v) is 3.50. The number of amides is 1. The first kappa shape index (κ1) is 20.3. The Labute approximate surface area is 136 Å². The van der Waals surface area contributed by atoms with Gasteiger partial charge in [-0.05, 0) is 31.0 Å². The van der Waals surface area contributed by atoms with Crippen LogP contribution in [0.3, 0.4) is 0 Å². The Bertz CT molecular complexity index is 526. The van der Waals surface area contributed by atoms with Gasteiger partial charge in [-0.2, -0.15) is 26.3 Å². The van der Waals surface area contributed by atoms with Crippen molar-refractivity contribution in [3.05, 3.63) is 29.3 Å². The lowest BCUT2D eigenvalue weighted by molar-refractivity contribution is -0.143. The van der Waals surface area contributed by atoms with Crippen LogP contribution in [0, 0.1) is 5.92 Å². The molecule has 0 aliphatic heterocycles. The summed E-state index contributed by atoms with van der Waals surface area (Å²) in [5.41, 5.74) is -3.40. The van der Waals surface area contributed by atoms with Crippen molar-refractivity contribution in [3.63, 3.8) is 0 Å². The topological polar surface area (TPSA) is 29.1 Å². The molecule has 0 heterocycles. The van der Waals surface area contributed by atoms with E-state index in [9.17, 15) is 31.1 Å². The molecule has 0 spiro atoms. The molecule has 1 rings (SSSR count). The number of carbonyl (C=O) groups excluding carboxylic acids is 1. The molecular weight excluding hydrogens is 336 g/mol. The molecule has 0 bridgehead atoms. The van der Waals surface area contributed by atoms with Gasteiger partial charge in [0, 0.05) is 11.6 Å². The summed E-state index contributed by atoms with van der Waals surface area (Å²) in [5, 5.41) is 2.20. The van der Waals surface area contributed by atoms with Crippen LogP contribution in [0.25, 0.3) is 0 Å². The van der Waals surface area contributed by atoms with Gasteiger partial charge in [-0.1, -0.05) is 26.7 Å². The Morgan fingerprint density at radius 3 is 1.67 bits per heavy atom. The molecule has 0 saturated carbocycles. The number of hydrogen-bond donors (Lipinski definition) is 1. The van der Waals surface area contributed by atoms with Crippen LogP contribution in [-0.2, 0) is 17.1 Å². The lowest BCUT2D eigenvalue weighted by atomic mass is 9.97. The van der Waals surface area contributed by atoms with E-state index in [0.29, 0.717) is 37.8 Å². The number of alkyl halides is 6. The Morgan fingerprint density at radius 1 is 0.917 bits per heavy atom. The highest BCUT2D eigenvalue weighted by Crippen LogP contribution is 2.37. The van der Waals surface area contributed by atoms with Crippen molar-refractivity contribution in [3.8, 4) is 0 Å². The van der Waals surface area contributed by atoms with Crippen molar-refractivity contribution in [1.82, 2.24) is 0 Å². The maximum absolute atomic E-state index is 12.8. The highest BCUT2D eigenvalue weighted by molar-refractivity contribution is 5.92. The van der Waals surface area contributed by atoms with Crippen molar-refractivity contribution in [2.45, 2.75) is 51.9 Å². The largest absolute Gasteiger partial charge is 0.416 e. The van der Waals surface area contributed by atoms with Crippen molar-refractivity contribution >= 4 is 11.6 Å². The molecule has 1 N–H and O–H groups in total. The van der Waals surface area contributed by atoms with Crippen molar-refractivity contribution in [2.24, 2.45) is 5.92 Å². The second-order valence-corrected chi connectivity index (χ2v) is 5.56. The number of hydrogen-bond acceptors (Lipinski definition) is 1. The average molecular weight is 355 g/mol. The summed E-state index contributed by atoms with van der Waals surface area (Å²) >= 11 is 0. The van der Waals surface area contributed by atoms with Gasteiger partial charge in [-0.3, -0.25) is 4.79 Å². The molecule has 0 aromatic heterocycles. The predicted octanol–water partition coefficient (Wildman–Crippen LogP) is 5.88. The molecule has 0 aliphatic rings. The molecule has 0 radical (unpaired) electrons. The van der Waals surface area contributed by atoms with E-state index in [1.54, 1.807) is 0 Å². The molecular formula is C16H19F6NO. The van der Waals surface area contributed by atoms with Crippen LogP contribution in [0.4, 0.5) is 32.0 Å². The van der Waals surface area contributed by atoms with Gasteiger partial charge in [-0.15, -0.1) is 0 Å². The molecule has 136 valence electrons. The van der Waals surface area contributed by atoms with Crippen LogP contribution in [0.5, 0.6) is 0 Å². The third-order valence-electron chi connectivity index (χ3n) is 3.50. The standard InChI is InChI=1S/C16H19F6NO/c1-3-5-10(6-4-2)14(24)23-13-8-11(15(17,18)19)7-12(9-13)16(20,21)22/h7-10H,3-6H2,1-2H3,(H,23,24). The lowest BCUT2D eigenvalue weighted by Gasteiger charge is -2.18. The number of halogens is 6. The molecule has 24 heavy (non-hydrogen) atoms. The molecule has 0 aliphatic carbocycles. The monoisotopic (exact) mass is 355 g/mol. The van der Waals surface area contributed by atoms with Crippen molar-refractivity contribution < 1.29 is 31.1 Å². The third kappa shape index (κ3) is 5.72. The van der Waals surface area contributed by atoms with Crippen LogP contribution in [-0.4, -0.2) is 5.91 Å². The van der Waals surface area contributed by atoms with Crippen LogP contribution < -0.4 is 5.32 Å². The minimum absolute atomic E-state index is 0.0330. The van der Waals surface area contributed by atoms with E-state index in [-0.39, 0.29) is 6.07 Å². The highest BCUT2D eigenvalue weighted by Gasteiger charge is 2.37. The fraction of sp³-hybridized carbons (Fsp3) is 0.562. The molecule has 1 aromatic rings. The van der Waals surface area contributed by atoms with Gasteiger partial charge in [-0.25, -0.2) is 0 Å². The Hall–Kier alpha value is -1.73. The predicted molar refractivity (Wildman–Crippen MR) is 78.4 cm³/mol. The zero-order chi connectivity index (χ0) is 18.5. The van der Waals surface area contributed by atoms with E-state index in [0.717, 1.165) is 0 Å². The smallest absolute Gasteiger partial charge is 0.326 e. The number of nitrogens with one attached hydrogen (secondary N) is 1. The summed E-state index contributed by atoms with van der Waals surface area (Å²) in [7, 11) is 0. The van der Waals surface area contributed by atoms with Gasteiger partial charge in [0.2, 0.25) is 5.91 Å². The second kappa shape index (κ2) is 7.90. The van der Waals surface area contributed by atoms with Crippen LogP contribution in [0.1, 0.15) is 50.7 Å². The molecule has 0 saturated heterocycles. The molecule has 1 aromatic carbocycles. The fourth-order valence-electron chi connectivity index (χ4n) is 2.37. The van der Waals surface area contributed by atoms with Crippen molar-refractivity contribution in [1.29, 1.82) is 0 Å². The average Bonchev–Trinajstić information content (AvgIpc) is 2.44. The maximum Gasteiger partial charge on any atom is 0.416 e. The minimum Gasteiger partial charge on any atom is -0.326 e. The SMILES string of the molecule is CCCC(CCC)C(=O)Nc1cc(C(F)(F)F)cc(C(F)(F)F)c1. The first-order valence-corrected chi connectivity index (χ1v) is 7.59. The summed E-state index contributed by atoms with van der Waals surface area (Å²) in [5.74, 6) is -1.00. The molecule has 1 amide bonds. The van der Waals surface area contributed by atoms with Gasteiger partial charge < -0.3 is 5.32 Å². The quantitative estimate of drug-likeness (QED) is 0.635. The zero-order valence-electron chi connectivity index (χ0n) is 13.3. The molecule has 0 unspecified atom stereocenters. The van der Waals surface area contributed by atoms with Crippen LogP contribution >= 0.6 is 0 Å². The van der Waals surface area contributed by atoms with E-state index < -0.39 is 41.0 Å². The number of benzene rings is 1. The summed E-state index contributed by atoms with van der Waals surface area (Å²) in [6.07, 6.45) is -7.46. The van der Waals surface area contributed by atoms with Gasteiger partial charge >= 0.3 is 12.4 Å². The van der Waals surface area contributed by atoms with E-state index in [4.69, 9.17) is 0 Å². The number of rotatable bonds is 6. The van der Waals surface area contributed by atoms with Gasteiger partial charge in [0.1, 0.15) is 0 Å². The van der Waals surface area contributed by atoms with Gasteiger partial charge in [0.15, 0.2) is 0 Å². The Morgan fingerprint density at radius 2 is 1.33 bits per heavy atom. The first-order valence-electron chi connectivity index (χ1n) is 7.59. The van der Waals surface area contributed by atoms with Gasteiger partial charge in [0.05, 0.1) is 11.1 Å². The Balaban J connectivity index is 3.16. The number of anilines is 1. The normalized spacial score (nSPS) is 12.5. The second-order valence-electron chi connectivity index (χ2n) is 5.56. The molecule has 2 nitrogen and oxygen atoms in total. The number of carbonyl (C=O) groups is 1. The fourth-order valence-corrected chi connectivity index (χ4v) is 2.37. The van der Waals surface area contributed by atoms with E-state index >= 15 is 0 Å². The summed E-state index contributed by atoms with van der Waals surface area (Å²) in [6, 6.07) is 1.06. The van der Waals surface area contributed by atoms with Crippen LogP contribution in [0.2, 0.25) is 0 Å². The van der Waals surface area contributed by atoms with E-state index in [1.807, 2.05) is 13.8 Å². The molecule has 0 atom stereocenters. The zero-order valence-corrected chi connectivity index (χ0v) is 13.3. The van der Waals surface area contributed by atoms with E-state index in [1.165, 1.54) is 0 Å². The Kier molecular flexibility index (Phi) is 6.68. The first-order chi connectivity index (χ1) is 11.0. The van der Waals surface area contributed by atoms with Crippen LogP contribution in [0.15, 0.2) is 18.2 Å². The lowest BCUT2D eigenvalue weighted by Crippen LogP contribution is -2.23. The minimum atomic E-state index is -4.94. The van der Waals surface area contributed by atoms with Gasteiger partial charge in [0.25, 0.3) is 0 Å². The van der Waals surface area contributed by atoms with Crippen molar-refractivity contribution in [2.75, 3.05) is 5.32 Å². The highest BCUT2D eigenvalue weighted by atomic mass is 19.4. The summed E-state index contributed by atoms with van der Waals surface area (Å²) in [6.45, 7) is 3.70. The molecule has 8 heteroatoms. The summed E-state index contributed by atoms with van der Waals surface area (Å²) in [4.78, 5) is 12.1. The molecule has 0 fully saturated rings. The maximum atomic E-state index is 12.8. The summed E-state index contributed by atoms with van der Waals surface area (Å²) < 4.78 is 76.8.